The van der Waals surface area contributed by atoms with Crippen LogP contribution in [0, 0.1) is 45.3 Å². The van der Waals surface area contributed by atoms with E-state index >= 15 is 0 Å². The second kappa shape index (κ2) is 8.43. The molecule has 1 heterocycles. The van der Waals surface area contributed by atoms with Gasteiger partial charge >= 0.3 is 5.97 Å². The van der Waals surface area contributed by atoms with E-state index in [1.807, 2.05) is 13.8 Å². The third-order valence-electron chi connectivity index (χ3n) is 13.5. The molecule has 0 bridgehead atoms. The van der Waals surface area contributed by atoms with E-state index in [9.17, 15) is 15.0 Å². The third kappa shape index (κ3) is 3.83. The molecule has 1 aliphatic heterocycles. The van der Waals surface area contributed by atoms with Crippen LogP contribution in [0.15, 0.2) is 0 Å². The molecule has 0 amide bonds. The molecule has 4 aliphatic carbocycles. The summed E-state index contributed by atoms with van der Waals surface area (Å²) in [4.78, 5) is 11.9. The van der Waals surface area contributed by atoms with E-state index < -0.39 is 5.60 Å². The molecule has 212 valence electrons. The van der Waals surface area contributed by atoms with Crippen LogP contribution in [0.2, 0.25) is 0 Å². The molecular formula is C32H54O5. The first kappa shape index (κ1) is 27.9. The Morgan fingerprint density at radius 1 is 0.892 bits per heavy atom. The lowest BCUT2D eigenvalue weighted by atomic mass is 9.35. The van der Waals surface area contributed by atoms with E-state index in [0.717, 1.165) is 51.4 Å². The number of hydrogen-bond acceptors (Lipinski definition) is 5. The van der Waals surface area contributed by atoms with Crippen molar-refractivity contribution in [3.05, 3.63) is 0 Å². The van der Waals surface area contributed by atoms with Crippen molar-refractivity contribution in [2.45, 2.75) is 150 Å². The number of ether oxygens (including phenoxy) is 2. The SMILES string of the molecule is CC(=O)O[C@@H]1CC[C@@]2(C)C(CC[C@]3(C)C2[C@H](O)CC2[C@@H]([C@@]4(C)CC[C@@H](C(C)(C)O)O4)CC[C@]23C)C1(C)C. The highest BCUT2D eigenvalue weighted by atomic mass is 16.5. The van der Waals surface area contributed by atoms with Gasteiger partial charge in [0.25, 0.3) is 0 Å². The maximum Gasteiger partial charge on any atom is 0.302 e. The van der Waals surface area contributed by atoms with Gasteiger partial charge in [-0.3, -0.25) is 4.79 Å². The van der Waals surface area contributed by atoms with Gasteiger partial charge in [-0.25, -0.2) is 0 Å². The number of aliphatic hydroxyl groups is 2. The number of carbonyl (C=O) groups is 1. The average Bonchev–Trinajstić information content (AvgIpc) is 3.32. The summed E-state index contributed by atoms with van der Waals surface area (Å²) in [5.41, 5.74) is -0.921. The van der Waals surface area contributed by atoms with Crippen LogP contribution >= 0.6 is 0 Å². The zero-order valence-corrected chi connectivity index (χ0v) is 25.0. The lowest BCUT2D eigenvalue weighted by Crippen LogP contribution is -2.67. The van der Waals surface area contributed by atoms with E-state index in [-0.39, 0.29) is 57.5 Å². The second-order valence-electron chi connectivity index (χ2n) is 16.0. The molecule has 1 saturated heterocycles. The van der Waals surface area contributed by atoms with Crippen molar-refractivity contribution < 1.29 is 24.5 Å². The average molecular weight is 519 g/mol. The zero-order valence-electron chi connectivity index (χ0n) is 25.0. The Labute approximate surface area is 225 Å². The number of esters is 1. The number of aliphatic hydroxyl groups excluding tert-OH is 1. The predicted octanol–water partition coefficient (Wildman–Crippen LogP) is 6.28. The Balaban J connectivity index is 1.46. The van der Waals surface area contributed by atoms with Crippen molar-refractivity contribution in [2.24, 2.45) is 45.3 Å². The molecule has 3 unspecified atom stereocenters. The highest BCUT2D eigenvalue weighted by Gasteiger charge is 2.72. The van der Waals surface area contributed by atoms with E-state index in [4.69, 9.17) is 9.47 Å². The highest BCUT2D eigenvalue weighted by molar-refractivity contribution is 5.66. The van der Waals surface area contributed by atoms with Crippen LogP contribution in [0.4, 0.5) is 0 Å². The first-order valence-electron chi connectivity index (χ1n) is 15.2. The number of fused-ring (bicyclic) bond motifs is 5. The summed E-state index contributed by atoms with van der Waals surface area (Å²) < 4.78 is 12.6. The van der Waals surface area contributed by atoms with E-state index in [1.54, 1.807) is 0 Å². The van der Waals surface area contributed by atoms with Crippen molar-refractivity contribution in [3.63, 3.8) is 0 Å². The Morgan fingerprint density at radius 3 is 2.14 bits per heavy atom. The molecule has 2 N–H and O–H groups in total. The van der Waals surface area contributed by atoms with Crippen molar-refractivity contribution in [1.82, 2.24) is 0 Å². The molecule has 11 atom stereocenters. The molecule has 0 aromatic heterocycles. The minimum absolute atomic E-state index is 0.0262. The van der Waals surface area contributed by atoms with Gasteiger partial charge in [0.15, 0.2) is 0 Å². The van der Waals surface area contributed by atoms with Crippen LogP contribution in [0.5, 0.6) is 0 Å². The van der Waals surface area contributed by atoms with Crippen LogP contribution < -0.4 is 0 Å². The maximum atomic E-state index is 12.1. The molecule has 0 radical (unpaired) electrons. The minimum Gasteiger partial charge on any atom is -0.462 e. The third-order valence-corrected chi connectivity index (χ3v) is 13.5. The normalized spacial score (nSPS) is 53.2. The largest absolute Gasteiger partial charge is 0.462 e. The molecule has 4 saturated carbocycles. The Morgan fingerprint density at radius 2 is 1.54 bits per heavy atom. The van der Waals surface area contributed by atoms with Crippen molar-refractivity contribution in [1.29, 1.82) is 0 Å². The first-order valence-corrected chi connectivity index (χ1v) is 15.2. The smallest absolute Gasteiger partial charge is 0.302 e. The van der Waals surface area contributed by atoms with E-state index in [1.165, 1.54) is 13.3 Å². The molecular weight excluding hydrogens is 464 g/mol. The summed E-state index contributed by atoms with van der Waals surface area (Å²) in [5.74, 6) is 1.34. The molecule has 5 fully saturated rings. The van der Waals surface area contributed by atoms with Gasteiger partial charge in [0.2, 0.25) is 0 Å². The van der Waals surface area contributed by atoms with E-state index in [0.29, 0.717) is 17.8 Å². The Bertz CT molecular complexity index is 923. The van der Waals surface area contributed by atoms with Crippen molar-refractivity contribution in [2.75, 3.05) is 0 Å². The predicted molar refractivity (Wildman–Crippen MR) is 145 cm³/mol. The van der Waals surface area contributed by atoms with Crippen LogP contribution in [0.1, 0.15) is 120 Å². The number of hydrogen-bond donors (Lipinski definition) is 2. The molecule has 5 nitrogen and oxygen atoms in total. The quantitative estimate of drug-likeness (QED) is 0.430. The van der Waals surface area contributed by atoms with Crippen LogP contribution in [0.25, 0.3) is 0 Å². The standard InChI is InChI=1S/C32H54O5/c1-19(33)36-24-12-14-29(6)23(27(24,2)3)11-16-31(8)26(29)22(34)18-21-20(10-15-30(21,31)7)32(9)17-13-25(37-32)28(4,5)35/h20-26,34-35H,10-18H2,1-9H3/t20-,21?,22+,23?,24+,25-,26?,29-,30+,31+,32+/m0/s1. The van der Waals surface area contributed by atoms with Gasteiger partial charge in [-0.2, -0.15) is 0 Å². The van der Waals surface area contributed by atoms with Crippen LogP contribution in [0.3, 0.4) is 0 Å². The molecule has 37 heavy (non-hydrogen) atoms. The Kier molecular flexibility index (Phi) is 6.35. The highest BCUT2D eigenvalue weighted by Crippen LogP contribution is 2.76. The first-order chi connectivity index (χ1) is 16.9. The molecule has 0 spiro atoms. The molecule has 0 aromatic carbocycles. The topological polar surface area (TPSA) is 76.0 Å². The fourth-order valence-corrected chi connectivity index (χ4v) is 11.6. The summed E-state index contributed by atoms with van der Waals surface area (Å²) >= 11 is 0. The van der Waals surface area contributed by atoms with Gasteiger partial charge in [0, 0.05) is 12.3 Å². The van der Waals surface area contributed by atoms with Gasteiger partial charge in [-0.05, 0) is 118 Å². The number of rotatable bonds is 3. The number of carbonyl (C=O) groups excluding carboxylic acids is 1. The zero-order chi connectivity index (χ0) is 27.4. The van der Waals surface area contributed by atoms with E-state index in [2.05, 4.69) is 41.5 Å². The van der Waals surface area contributed by atoms with Crippen molar-refractivity contribution in [3.8, 4) is 0 Å². The van der Waals surface area contributed by atoms with Gasteiger partial charge in [0.05, 0.1) is 23.4 Å². The van der Waals surface area contributed by atoms with Crippen molar-refractivity contribution >= 4 is 5.97 Å². The minimum atomic E-state index is -0.826. The molecule has 5 heteroatoms. The summed E-state index contributed by atoms with van der Waals surface area (Å²) in [5, 5.41) is 22.7. The summed E-state index contributed by atoms with van der Waals surface area (Å²) in [6.45, 7) is 19.7. The van der Waals surface area contributed by atoms with Crippen LogP contribution in [-0.4, -0.2) is 45.7 Å². The fourth-order valence-electron chi connectivity index (χ4n) is 11.6. The molecule has 5 aliphatic rings. The summed E-state index contributed by atoms with van der Waals surface area (Å²) in [6.07, 6.45) is 8.72. The fraction of sp³-hybridized carbons (Fsp3) is 0.969. The van der Waals surface area contributed by atoms with Gasteiger partial charge in [0.1, 0.15) is 6.10 Å². The summed E-state index contributed by atoms with van der Waals surface area (Å²) in [7, 11) is 0. The lowest BCUT2D eigenvalue weighted by Gasteiger charge is -2.71. The van der Waals surface area contributed by atoms with Crippen LogP contribution in [-0.2, 0) is 14.3 Å². The maximum absolute atomic E-state index is 12.1. The van der Waals surface area contributed by atoms with Gasteiger partial charge in [-0.1, -0.05) is 34.6 Å². The van der Waals surface area contributed by atoms with Gasteiger partial charge < -0.3 is 19.7 Å². The monoisotopic (exact) mass is 518 g/mol. The molecule has 5 rings (SSSR count). The molecule has 0 aromatic rings. The lowest BCUT2D eigenvalue weighted by molar-refractivity contribution is -0.259. The second-order valence-corrected chi connectivity index (χ2v) is 16.0. The van der Waals surface area contributed by atoms with Gasteiger partial charge in [-0.15, -0.1) is 0 Å². The Hall–Kier alpha value is -0.650. The summed E-state index contributed by atoms with van der Waals surface area (Å²) in [6, 6.07) is 0.